The summed E-state index contributed by atoms with van der Waals surface area (Å²) in [6, 6.07) is 5.45. The molecule has 3 aromatic rings. The van der Waals surface area contributed by atoms with Crippen LogP contribution in [0.2, 0.25) is 0 Å². The molecule has 0 amide bonds. The summed E-state index contributed by atoms with van der Waals surface area (Å²) >= 11 is 1.49. The van der Waals surface area contributed by atoms with E-state index >= 15 is 0 Å². The Balaban J connectivity index is 1.74. The molecule has 9 heteroatoms. The molecule has 1 aromatic carbocycles. The smallest absolute Gasteiger partial charge is 0.247 e. The van der Waals surface area contributed by atoms with E-state index in [-0.39, 0.29) is 0 Å². The van der Waals surface area contributed by atoms with E-state index in [4.69, 9.17) is 13.9 Å². The Labute approximate surface area is 143 Å². The van der Waals surface area contributed by atoms with E-state index < -0.39 is 0 Å². The molecule has 0 aliphatic heterocycles. The van der Waals surface area contributed by atoms with Crippen molar-refractivity contribution in [3.8, 4) is 23.0 Å². The topological polar surface area (TPSA) is 88.1 Å². The van der Waals surface area contributed by atoms with Crippen molar-refractivity contribution in [2.24, 2.45) is 7.05 Å². The van der Waals surface area contributed by atoms with E-state index in [1.807, 2.05) is 24.6 Å². The number of aryl methyl sites for hydroxylation is 1. The Bertz CT molecular complexity index is 846. The average molecular weight is 347 g/mol. The van der Waals surface area contributed by atoms with Gasteiger partial charge in [-0.2, -0.15) is 0 Å². The van der Waals surface area contributed by atoms with E-state index in [9.17, 15) is 0 Å². The molecule has 0 atom stereocenters. The van der Waals surface area contributed by atoms with E-state index in [1.165, 1.54) is 11.8 Å². The number of hydrogen-bond donors (Lipinski definition) is 0. The van der Waals surface area contributed by atoms with Gasteiger partial charge in [-0.25, -0.2) is 0 Å². The number of aromatic nitrogens is 5. The fourth-order valence-electron chi connectivity index (χ4n) is 2.04. The van der Waals surface area contributed by atoms with Crippen molar-refractivity contribution in [2.45, 2.75) is 17.8 Å². The molecule has 0 aliphatic carbocycles. The van der Waals surface area contributed by atoms with E-state index in [1.54, 1.807) is 26.4 Å². The molecule has 24 heavy (non-hydrogen) atoms. The molecule has 0 aliphatic rings. The summed E-state index contributed by atoms with van der Waals surface area (Å²) < 4.78 is 18.1. The second-order valence-electron chi connectivity index (χ2n) is 4.95. The molecule has 0 bridgehead atoms. The molecule has 0 radical (unpaired) electrons. The normalized spacial score (nSPS) is 10.8. The molecule has 0 fully saturated rings. The Morgan fingerprint density at radius 2 is 1.88 bits per heavy atom. The van der Waals surface area contributed by atoms with Crippen molar-refractivity contribution in [1.29, 1.82) is 0 Å². The van der Waals surface area contributed by atoms with Crippen LogP contribution in [-0.2, 0) is 12.8 Å². The van der Waals surface area contributed by atoms with Gasteiger partial charge < -0.3 is 18.5 Å². The van der Waals surface area contributed by atoms with Gasteiger partial charge in [0.15, 0.2) is 16.7 Å². The van der Waals surface area contributed by atoms with Gasteiger partial charge >= 0.3 is 0 Å². The van der Waals surface area contributed by atoms with Gasteiger partial charge in [-0.15, -0.1) is 20.4 Å². The van der Waals surface area contributed by atoms with Crippen molar-refractivity contribution < 1.29 is 13.9 Å². The predicted octanol–water partition coefficient (Wildman–Crippen LogP) is 2.48. The molecule has 0 saturated heterocycles. The maximum atomic E-state index is 5.71. The first-order valence-corrected chi connectivity index (χ1v) is 8.14. The summed E-state index contributed by atoms with van der Waals surface area (Å²) in [6.07, 6.45) is 0. The molecule has 0 spiro atoms. The number of methoxy groups -OCH3 is 2. The summed E-state index contributed by atoms with van der Waals surface area (Å²) in [5.41, 5.74) is 0.769. The molecule has 2 heterocycles. The quantitative estimate of drug-likeness (QED) is 0.628. The first-order valence-electron chi connectivity index (χ1n) is 7.16. The predicted molar refractivity (Wildman–Crippen MR) is 88.1 cm³/mol. The van der Waals surface area contributed by atoms with Gasteiger partial charge in [0, 0.05) is 12.6 Å². The lowest BCUT2D eigenvalue weighted by atomic mass is 10.2. The maximum absolute atomic E-state index is 5.71. The highest BCUT2D eigenvalue weighted by Crippen LogP contribution is 2.32. The number of hydrogen-bond acceptors (Lipinski definition) is 8. The molecule has 2 aromatic heterocycles. The Morgan fingerprint density at radius 3 is 2.54 bits per heavy atom. The molecular formula is C15H17N5O3S. The van der Waals surface area contributed by atoms with Crippen LogP contribution in [0.15, 0.2) is 27.8 Å². The highest BCUT2D eigenvalue weighted by molar-refractivity contribution is 7.98. The van der Waals surface area contributed by atoms with Gasteiger partial charge in [-0.1, -0.05) is 11.8 Å². The minimum atomic E-state index is 0.431. The molecule has 0 unspecified atom stereocenters. The van der Waals surface area contributed by atoms with Crippen LogP contribution in [0.5, 0.6) is 11.5 Å². The SMILES string of the molecule is COc1ccc(-c2nnc(CSc3nnc(C)n3C)o2)cc1OC. The van der Waals surface area contributed by atoms with Gasteiger partial charge in [0.25, 0.3) is 0 Å². The van der Waals surface area contributed by atoms with E-state index in [0.717, 1.165) is 16.5 Å². The van der Waals surface area contributed by atoms with Crippen LogP contribution >= 0.6 is 11.8 Å². The van der Waals surface area contributed by atoms with Crippen LogP contribution in [0.1, 0.15) is 11.7 Å². The number of benzene rings is 1. The first-order chi connectivity index (χ1) is 11.6. The van der Waals surface area contributed by atoms with Gasteiger partial charge in [-0.3, -0.25) is 0 Å². The van der Waals surface area contributed by atoms with Crippen molar-refractivity contribution in [2.75, 3.05) is 14.2 Å². The van der Waals surface area contributed by atoms with E-state index in [0.29, 0.717) is 29.0 Å². The monoisotopic (exact) mass is 347 g/mol. The van der Waals surface area contributed by atoms with Gasteiger partial charge in [0.05, 0.1) is 20.0 Å². The minimum Gasteiger partial charge on any atom is -0.493 e. The zero-order valence-electron chi connectivity index (χ0n) is 13.8. The minimum absolute atomic E-state index is 0.431. The second kappa shape index (κ2) is 6.91. The van der Waals surface area contributed by atoms with E-state index in [2.05, 4.69) is 20.4 Å². The summed E-state index contributed by atoms with van der Waals surface area (Å²) in [5, 5.41) is 17.1. The maximum Gasteiger partial charge on any atom is 0.247 e. The second-order valence-corrected chi connectivity index (χ2v) is 5.89. The third-order valence-electron chi connectivity index (χ3n) is 3.47. The lowest BCUT2D eigenvalue weighted by Gasteiger charge is -2.07. The summed E-state index contributed by atoms with van der Waals surface area (Å²) in [4.78, 5) is 0. The molecule has 0 N–H and O–H groups in total. The highest BCUT2D eigenvalue weighted by Gasteiger charge is 2.13. The van der Waals surface area contributed by atoms with Crippen LogP contribution in [0, 0.1) is 6.92 Å². The number of ether oxygens (including phenoxy) is 2. The standard InChI is InChI=1S/C15H17N5O3S/c1-9-16-19-15(20(9)2)24-8-13-17-18-14(23-13)10-5-6-11(21-3)12(7-10)22-4/h5-7H,8H2,1-4H3. The molecule has 126 valence electrons. The Morgan fingerprint density at radius 1 is 1.08 bits per heavy atom. The van der Waals surface area contributed by atoms with Gasteiger partial charge in [0.2, 0.25) is 11.8 Å². The molecular weight excluding hydrogens is 330 g/mol. The lowest BCUT2D eigenvalue weighted by molar-refractivity contribution is 0.355. The summed E-state index contributed by atoms with van der Waals surface area (Å²) in [5.74, 6) is 3.58. The fourth-order valence-corrected chi connectivity index (χ4v) is 2.83. The summed E-state index contributed by atoms with van der Waals surface area (Å²) in [6.45, 7) is 1.90. The van der Waals surface area contributed by atoms with Crippen LogP contribution in [0.25, 0.3) is 11.5 Å². The average Bonchev–Trinajstić information content (AvgIpc) is 3.20. The van der Waals surface area contributed by atoms with Crippen molar-refractivity contribution in [1.82, 2.24) is 25.0 Å². The molecule has 3 rings (SSSR count). The molecule has 0 saturated carbocycles. The third-order valence-corrected chi connectivity index (χ3v) is 4.48. The Kier molecular flexibility index (Phi) is 4.70. The zero-order chi connectivity index (χ0) is 17.1. The Hall–Kier alpha value is -2.55. The molecule has 8 nitrogen and oxygen atoms in total. The van der Waals surface area contributed by atoms with Gasteiger partial charge in [0.1, 0.15) is 5.82 Å². The van der Waals surface area contributed by atoms with Crippen LogP contribution in [-0.4, -0.2) is 39.2 Å². The largest absolute Gasteiger partial charge is 0.493 e. The van der Waals surface area contributed by atoms with Crippen LogP contribution in [0.3, 0.4) is 0 Å². The van der Waals surface area contributed by atoms with Gasteiger partial charge in [-0.05, 0) is 25.1 Å². The lowest BCUT2D eigenvalue weighted by Crippen LogP contribution is -1.93. The highest BCUT2D eigenvalue weighted by atomic mass is 32.2. The summed E-state index contributed by atoms with van der Waals surface area (Å²) in [7, 11) is 5.09. The zero-order valence-corrected chi connectivity index (χ0v) is 14.6. The van der Waals surface area contributed by atoms with Crippen LogP contribution in [0.4, 0.5) is 0 Å². The number of thioether (sulfide) groups is 1. The number of rotatable bonds is 6. The van der Waals surface area contributed by atoms with Crippen molar-refractivity contribution >= 4 is 11.8 Å². The van der Waals surface area contributed by atoms with Crippen molar-refractivity contribution in [3.05, 3.63) is 29.9 Å². The number of nitrogens with zero attached hydrogens (tertiary/aromatic N) is 5. The van der Waals surface area contributed by atoms with Crippen LogP contribution < -0.4 is 9.47 Å². The van der Waals surface area contributed by atoms with Crippen molar-refractivity contribution in [3.63, 3.8) is 0 Å². The third kappa shape index (κ3) is 3.21. The fraction of sp³-hybridized carbons (Fsp3) is 0.333. The first kappa shape index (κ1) is 16.3.